The summed E-state index contributed by atoms with van der Waals surface area (Å²) in [6.45, 7) is 5.09. The number of nitrogens with two attached hydrogens (primary N) is 1. The average Bonchev–Trinajstić information content (AvgIpc) is 2.68. The Kier molecular flexibility index (Phi) is 5.17. The van der Waals surface area contributed by atoms with Gasteiger partial charge in [-0.15, -0.1) is 0 Å². The van der Waals surface area contributed by atoms with Gasteiger partial charge in [-0.05, 0) is 49.8 Å². The lowest BCUT2D eigenvalue weighted by Crippen LogP contribution is -2.32. The van der Waals surface area contributed by atoms with Crippen LogP contribution in [0.1, 0.15) is 38.2 Å². The molecule has 2 N–H and O–H groups in total. The molecule has 118 valence electrons. The smallest absolute Gasteiger partial charge is 0.243 e. The molecule has 0 aromatic heterocycles. The SMILES string of the molecule is CCC1CCCN(S(=O)(=O)c2cc(N)c(Cl)cc2C)CC1. The lowest BCUT2D eigenvalue weighted by atomic mass is 9.98. The van der Waals surface area contributed by atoms with Gasteiger partial charge in [-0.25, -0.2) is 8.42 Å². The predicted molar refractivity (Wildman–Crippen MR) is 87.0 cm³/mol. The van der Waals surface area contributed by atoms with Crippen molar-refractivity contribution in [3.8, 4) is 0 Å². The van der Waals surface area contributed by atoms with Crippen LogP contribution in [-0.2, 0) is 10.0 Å². The highest BCUT2D eigenvalue weighted by Gasteiger charge is 2.28. The van der Waals surface area contributed by atoms with Gasteiger partial charge >= 0.3 is 0 Å². The van der Waals surface area contributed by atoms with E-state index in [0.717, 1.165) is 25.7 Å². The van der Waals surface area contributed by atoms with Crippen molar-refractivity contribution in [2.24, 2.45) is 5.92 Å². The molecule has 4 nitrogen and oxygen atoms in total. The molecule has 0 radical (unpaired) electrons. The normalized spacial score (nSPS) is 21.2. The summed E-state index contributed by atoms with van der Waals surface area (Å²) >= 11 is 5.95. The lowest BCUT2D eigenvalue weighted by Gasteiger charge is -2.21. The molecular formula is C15H23ClN2O2S. The first-order valence-electron chi connectivity index (χ1n) is 7.42. The Labute approximate surface area is 132 Å². The Bertz CT molecular complexity index is 616. The number of benzene rings is 1. The van der Waals surface area contributed by atoms with E-state index in [1.54, 1.807) is 17.3 Å². The second-order valence-electron chi connectivity index (χ2n) is 5.75. The fourth-order valence-corrected chi connectivity index (χ4v) is 4.83. The monoisotopic (exact) mass is 330 g/mol. The Morgan fingerprint density at radius 2 is 2.05 bits per heavy atom. The summed E-state index contributed by atoms with van der Waals surface area (Å²) in [6, 6.07) is 3.10. The maximum Gasteiger partial charge on any atom is 0.243 e. The van der Waals surface area contributed by atoms with Crippen LogP contribution < -0.4 is 5.73 Å². The topological polar surface area (TPSA) is 63.4 Å². The van der Waals surface area contributed by atoms with Crippen LogP contribution in [-0.4, -0.2) is 25.8 Å². The van der Waals surface area contributed by atoms with E-state index in [0.29, 0.717) is 35.3 Å². The molecule has 6 heteroatoms. The molecule has 0 amide bonds. The quantitative estimate of drug-likeness (QED) is 0.863. The van der Waals surface area contributed by atoms with Gasteiger partial charge in [0.15, 0.2) is 0 Å². The third kappa shape index (κ3) is 3.52. The molecule has 0 aliphatic carbocycles. The summed E-state index contributed by atoms with van der Waals surface area (Å²) in [7, 11) is -3.49. The van der Waals surface area contributed by atoms with E-state index in [2.05, 4.69) is 6.92 Å². The van der Waals surface area contributed by atoms with Gasteiger partial charge in [0.25, 0.3) is 0 Å². The summed E-state index contributed by atoms with van der Waals surface area (Å²) in [5.41, 5.74) is 6.73. The third-order valence-corrected chi connectivity index (χ3v) is 6.66. The molecule has 1 atom stereocenters. The number of hydrogen-bond donors (Lipinski definition) is 1. The number of hydrogen-bond acceptors (Lipinski definition) is 3. The number of aryl methyl sites for hydroxylation is 1. The molecule has 0 bridgehead atoms. The van der Waals surface area contributed by atoms with Crippen molar-refractivity contribution in [1.29, 1.82) is 0 Å². The van der Waals surface area contributed by atoms with E-state index in [4.69, 9.17) is 17.3 Å². The number of sulfonamides is 1. The summed E-state index contributed by atoms with van der Waals surface area (Å²) < 4.78 is 27.3. The minimum atomic E-state index is -3.49. The van der Waals surface area contributed by atoms with Gasteiger partial charge in [0.1, 0.15) is 0 Å². The standard InChI is InChI=1S/C15H23ClN2O2S/c1-3-12-5-4-7-18(8-6-12)21(19,20)15-10-14(17)13(16)9-11(15)2/h9-10,12H,3-8,17H2,1-2H3. The van der Waals surface area contributed by atoms with Crippen LogP contribution in [0.3, 0.4) is 0 Å². The highest BCUT2D eigenvalue weighted by molar-refractivity contribution is 7.89. The first-order chi connectivity index (χ1) is 9.86. The summed E-state index contributed by atoms with van der Waals surface area (Å²) in [6.07, 6.45) is 4.06. The largest absolute Gasteiger partial charge is 0.397 e. The predicted octanol–water partition coefficient (Wildman–Crippen LogP) is 3.43. The summed E-state index contributed by atoms with van der Waals surface area (Å²) in [5, 5.41) is 0.397. The number of rotatable bonds is 3. The van der Waals surface area contributed by atoms with E-state index in [1.807, 2.05) is 0 Å². The summed E-state index contributed by atoms with van der Waals surface area (Å²) in [4.78, 5) is 0.277. The Hall–Kier alpha value is -0.780. The van der Waals surface area contributed by atoms with E-state index >= 15 is 0 Å². The number of halogens is 1. The minimum absolute atomic E-state index is 0.277. The molecule has 1 heterocycles. The second kappa shape index (κ2) is 6.55. The van der Waals surface area contributed by atoms with Crippen LogP contribution in [0.15, 0.2) is 17.0 Å². The van der Waals surface area contributed by atoms with Crippen LogP contribution in [0.4, 0.5) is 5.69 Å². The molecule has 1 aliphatic heterocycles. The highest BCUT2D eigenvalue weighted by atomic mass is 35.5. The van der Waals surface area contributed by atoms with Gasteiger partial charge in [0.05, 0.1) is 15.6 Å². The van der Waals surface area contributed by atoms with Crippen LogP contribution in [0, 0.1) is 12.8 Å². The molecule has 0 spiro atoms. The fourth-order valence-electron chi connectivity index (χ4n) is 2.87. The van der Waals surface area contributed by atoms with Crippen molar-refractivity contribution >= 4 is 27.3 Å². The molecule has 1 saturated heterocycles. The zero-order valence-corrected chi connectivity index (χ0v) is 14.2. The van der Waals surface area contributed by atoms with Crippen molar-refractivity contribution in [3.63, 3.8) is 0 Å². The Morgan fingerprint density at radius 1 is 1.33 bits per heavy atom. The lowest BCUT2D eigenvalue weighted by molar-refractivity contribution is 0.407. The van der Waals surface area contributed by atoms with Crippen molar-refractivity contribution in [1.82, 2.24) is 4.31 Å². The molecule has 1 aliphatic rings. The maximum atomic E-state index is 12.8. The molecule has 1 aromatic rings. The minimum Gasteiger partial charge on any atom is -0.397 e. The van der Waals surface area contributed by atoms with E-state index in [1.165, 1.54) is 6.07 Å². The van der Waals surface area contributed by atoms with Gasteiger partial charge in [-0.2, -0.15) is 4.31 Å². The van der Waals surface area contributed by atoms with Crippen molar-refractivity contribution in [2.75, 3.05) is 18.8 Å². The van der Waals surface area contributed by atoms with Crippen LogP contribution in [0.2, 0.25) is 5.02 Å². The van der Waals surface area contributed by atoms with Gasteiger partial charge in [0, 0.05) is 13.1 Å². The van der Waals surface area contributed by atoms with Crippen LogP contribution in [0.5, 0.6) is 0 Å². The highest BCUT2D eigenvalue weighted by Crippen LogP contribution is 2.30. The third-order valence-electron chi connectivity index (χ3n) is 4.30. The molecular weight excluding hydrogens is 308 g/mol. The van der Waals surface area contributed by atoms with E-state index < -0.39 is 10.0 Å². The molecule has 1 aromatic carbocycles. The molecule has 0 saturated carbocycles. The second-order valence-corrected chi connectivity index (χ2v) is 8.06. The van der Waals surface area contributed by atoms with Crippen LogP contribution >= 0.6 is 11.6 Å². The molecule has 1 fully saturated rings. The van der Waals surface area contributed by atoms with Crippen molar-refractivity contribution in [3.05, 3.63) is 22.7 Å². The van der Waals surface area contributed by atoms with E-state index in [9.17, 15) is 8.42 Å². The average molecular weight is 331 g/mol. The molecule has 2 rings (SSSR count). The first-order valence-corrected chi connectivity index (χ1v) is 9.23. The van der Waals surface area contributed by atoms with Crippen LogP contribution in [0.25, 0.3) is 0 Å². The van der Waals surface area contributed by atoms with Crippen molar-refractivity contribution in [2.45, 2.75) is 44.4 Å². The Balaban J connectivity index is 2.32. The van der Waals surface area contributed by atoms with Gasteiger partial charge in [-0.3, -0.25) is 0 Å². The van der Waals surface area contributed by atoms with E-state index in [-0.39, 0.29) is 4.90 Å². The molecule has 1 unspecified atom stereocenters. The number of nitrogens with zero attached hydrogens (tertiary/aromatic N) is 1. The number of nitrogen functional groups attached to an aromatic ring is 1. The number of anilines is 1. The van der Waals surface area contributed by atoms with Crippen molar-refractivity contribution < 1.29 is 8.42 Å². The van der Waals surface area contributed by atoms with Gasteiger partial charge < -0.3 is 5.73 Å². The van der Waals surface area contributed by atoms with Gasteiger partial charge in [0.2, 0.25) is 10.0 Å². The zero-order chi connectivity index (χ0) is 15.6. The summed E-state index contributed by atoms with van der Waals surface area (Å²) in [5.74, 6) is 0.626. The maximum absolute atomic E-state index is 12.8. The Morgan fingerprint density at radius 3 is 2.71 bits per heavy atom. The van der Waals surface area contributed by atoms with Gasteiger partial charge in [-0.1, -0.05) is 24.9 Å². The zero-order valence-electron chi connectivity index (χ0n) is 12.6. The molecule has 21 heavy (non-hydrogen) atoms. The fraction of sp³-hybridized carbons (Fsp3) is 0.600. The first kappa shape index (κ1) is 16.6.